The van der Waals surface area contributed by atoms with Gasteiger partial charge in [-0.3, -0.25) is 4.79 Å². The van der Waals surface area contributed by atoms with Crippen molar-refractivity contribution in [3.05, 3.63) is 29.1 Å². The first-order valence-corrected chi connectivity index (χ1v) is 5.84. The van der Waals surface area contributed by atoms with Crippen molar-refractivity contribution in [3.63, 3.8) is 0 Å². The lowest BCUT2D eigenvalue weighted by atomic mass is 10.1. The van der Waals surface area contributed by atoms with Crippen molar-refractivity contribution in [3.8, 4) is 0 Å². The predicted molar refractivity (Wildman–Crippen MR) is 61.2 cm³/mol. The molecular weight excluding hydrogens is 213 g/mol. The fraction of sp³-hybridized carbons (Fsp3) is 0.364. The Kier molecular flexibility index (Phi) is 4.29. The van der Waals surface area contributed by atoms with Gasteiger partial charge in [-0.05, 0) is 37.9 Å². The molecule has 0 bridgehead atoms. The molecule has 82 valence electrons. The molecule has 1 aromatic carbocycles. The number of ketones is 1. The zero-order chi connectivity index (χ0) is 11.4. The molecule has 1 rings (SSSR count). The second-order valence-corrected chi connectivity index (χ2v) is 4.10. The number of halogens is 1. The maximum atomic E-state index is 13.5. The maximum absolute atomic E-state index is 13.5. The Morgan fingerprint density at radius 1 is 1.53 bits per heavy atom. The maximum Gasteiger partial charge on any atom is 0.179 e. The molecule has 0 spiro atoms. The third-order valence-electron chi connectivity index (χ3n) is 2.12. The Hall–Kier alpha value is -0.870. The van der Waals surface area contributed by atoms with E-state index in [0.717, 1.165) is 10.5 Å². The Bertz CT molecular complexity index is 379. The number of rotatable bonds is 4. The highest BCUT2D eigenvalue weighted by molar-refractivity contribution is 7.98. The SMILES string of the molecule is CNCC(=O)c1cc(SC)c(C)cc1F. The van der Waals surface area contributed by atoms with E-state index in [1.165, 1.54) is 17.8 Å². The highest BCUT2D eigenvalue weighted by Crippen LogP contribution is 2.23. The van der Waals surface area contributed by atoms with Crippen LogP contribution in [0.2, 0.25) is 0 Å². The second kappa shape index (κ2) is 5.28. The van der Waals surface area contributed by atoms with Crippen LogP contribution < -0.4 is 5.32 Å². The number of hydrogen-bond acceptors (Lipinski definition) is 3. The molecule has 0 aliphatic rings. The summed E-state index contributed by atoms with van der Waals surface area (Å²) >= 11 is 1.51. The van der Waals surface area contributed by atoms with Gasteiger partial charge < -0.3 is 5.32 Å². The average molecular weight is 227 g/mol. The Morgan fingerprint density at radius 3 is 2.73 bits per heavy atom. The van der Waals surface area contributed by atoms with E-state index in [1.54, 1.807) is 13.1 Å². The van der Waals surface area contributed by atoms with Crippen molar-refractivity contribution in [1.29, 1.82) is 0 Å². The molecule has 0 unspecified atom stereocenters. The molecule has 0 radical (unpaired) electrons. The average Bonchev–Trinajstić information content (AvgIpc) is 2.18. The van der Waals surface area contributed by atoms with Crippen LogP contribution >= 0.6 is 11.8 Å². The molecule has 0 fully saturated rings. The van der Waals surface area contributed by atoms with Crippen molar-refractivity contribution in [2.75, 3.05) is 19.8 Å². The predicted octanol–water partition coefficient (Wildman–Crippen LogP) is 2.26. The highest BCUT2D eigenvalue weighted by atomic mass is 32.2. The summed E-state index contributed by atoms with van der Waals surface area (Å²) in [6.45, 7) is 2.00. The smallest absolute Gasteiger partial charge is 0.179 e. The standard InChI is InChI=1S/C11H14FNOS/c1-7-4-9(12)8(5-11(7)15-3)10(14)6-13-2/h4-5,13H,6H2,1-3H3. The molecule has 0 amide bonds. The first-order chi connectivity index (χ1) is 7.10. The van der Waals surface area contributed by atoms with Crippen molar-refractivity contribution in [2.24, 2.45) is 0 Å². The fourth-order valence-electron chi connectivity index (χ4n) is 1.34. The Labute approximate surface area is 93.3 Å². The van der Waals surface area contributed by atoms with Gasteiger partial charge >= 0.3 is 0 Å². The molecule has 4 heteroatoms. The minimum atomic E-state index is -0.439. The number of carbonyl (C=O) groups excluding carboxylic acids is 1. The molecule has 0 saturated carbocycles. The molecule has 0 saturated heterocycles. The van der Waals surface area contributed by atoms with Crippen molar-refractivity contribution in [2.45, 2.75) is 11.8 Å². The third-order valence-corrected chi connectivity index (χ3v) is 3.00. The quantitative estimate of drug-likeness (QED) is 0.632. The summed E-state index contributed by atoms with van der Waals surface area (Å²) < 4.78 is 13.5. The molecule has 0 atom stereocenters. The molecule has 0 aromatic heterocycles. The van der Waals surface area contributed by atoms with Crippen LogP contribution in [0.15, 0.2) is 17.0 Å². The minimum absolute atomic E-state index is 0.161. The van der Waals surface area contributed by atoms with E-state index >= 15 is 0 Å². The van der Waals surface area contributed by atoms with Gasteiger partial charge in [0.05, 0.1) is 12.1 Å². The number of hydrogen-bond donors (Lipinski definition) is 1. The van der Waals surface area contributed by atoms with Crippen LogP contribution in [0.3, 0.4) is 0 Å². The van der Waals surface area contributed by atoms with Gasteiger partial charge in [0, 0.05) is 4.90 Å². The van der Waals surface area contributed by atoms with Crippen LogP contribution in [0.1, 0.15) is 15.9 Å². The van der Waals surface area contributed by atoms with E-state index in [4.69, 9.17) is 0 Å². The van der Waals surface area contributed by atoms with E-state index in [1.807, 2.05) is 13.2 Å². The highest BCUT2D eigenvalue weighted by Gasteiger charge is 2.13. The third kappa shape index (κ3) is 2.79. The molecule has 2 nitrogen and oxygen atoms in total. The van der Waals surface area contributed by atoms with Crippen LogP contribution in [-0.2, 0) is 0 Å². The van der Waals surface area contributed by atoms with Gasteiger partial charge in [-0.1, -0.05) is 0 Å². The number of aryl methyl sites for hydroxylation is 1. The van der Waals surface area contributed by atoms with Crippen LogP contribution in [-0.4, -0.2) is 25.6 Å². The molecule has 0 heterocycles. The Morgan fingerprint density at radius 2 is 2.20 bits per heavy atom. The lowest BCUT2D eigenvalue weighted by Gasteiger charge is -2.07. The minimum Gasteiger partial charge on any atom is -0.313 e. The van der Waals surface area contributed by atoms with Crippen LogP contribution in [0, 0.1) is 12.7 Å². The normalized spacial score (nSPS) is 10.4. The van der Waals surface area contributed by atoms with Crippen molar-refractivity contribution >= 4 is 17.5 Å². The summed E-state index contributed by atoms with van der Waals surface area (Å²) in [5.74, 6) is -0.657. The molecule has 15 heavy (non-hydrogen) atoms. The second-order valence-electron chi connectivity index (χ2n) is 3.26. The van der Waals surface area contributed by atoms with E-state index in [0.29, 0.717) is 0 Å². The molecule has 1 N–H and O–H groups in total. The van der Waals surface area contributed by atoms with Gasteiger partial charge in [0.2, 0.25) is 0 Å². The fourth-order valence-corrected chi connectivity index (χ4v) is 1.96. The largest absolute Gasteiger partial charge is 0.313 e. The zero-order valence-electron chi connectivity index (χ0n) is 9.06. The van der Waals surface area contributed by atoms with E-state index in [2.05, 4.69) is 5.32 Å². The van der Waals surface area contributed by atoms with Gasteiger partial charge in [-0.25, -0.2) is 4.39 Å². The van der Waals surface area contributed by atoms with Gasteiger partial charge in [0.15, 0.2) is 5.78 Å². The van der Waals surface area contributed by atoms with Gasteiger partial charge in [-0.15, -0.1) is 11.8 Å². The number of thioether (sulfide) groups is 1. The summed E-state index contributed by atoms with van der Waals surface area (Å²) in [5.41, 5.74) is 1.03. The lowest BCUT2D eigenvalue weighted by Crippen LogP contribution is -2.19. The van der Waals surface area contributed by atoms with Crippen molar-refractivity contribution in [1.82, 2.24) is 5.32 Å². The van der Waals surface area contributed by atoms with E-state index in [9.17, 15) is 9.18 Å². The lowest BCUT2D eigenvalue weighted by molar-refractivity contribution is 0.0989. The number of Topliss-reactive ketones (excluding diaryl/α,β-unsaturated/α-hetero) is 1. The van der Waals surface area contributed by atoms with E-state index < -0.39 is 5.82 Å². The summed E-state index contributed by atoms with van der Waals surface area (Å²) in [6.07, 6.45) is 1.91. The number of nitrogens with one attached hydrogen (secondary N) is 1. The van der Waals surface area contributed by atoms with Gasteiger partial charge in [-0.2, -0.15) is 0 Å². The summed E-state index contributed by atoms with van der Waals surface area (Å²) in [4.78, 5) is 12.5. The zero-order valence-corrected chi connectivity index (χ0v) is 9.87. The summed E-state index contributed by atoms with van der Waals surface area (Å²) in [7, 11) is 1.67. The number of benzene rings is 1. The molecule has 0 aliphatic heterocycles. The van der Waals surface area contributed by atoms with Crippen LogP contribution in [0.4, 0.5) is 4.39 Å². The van der Waals surface area contributed by atoms with Crippen LogP contribution in [0.25, 0.3) is 0 Å². The Balaban J connectivity index is 3.12. The van der Waals surface area contributed by atoms with Gasteiger partial charge in [0.1, 0.15) is 5.82 Å². The first-order valence-electron chi connectivity index (χ1n) is 4.62. The monoisotopic (exact) mass is 227 g/mol. The van der Waals surface area contributed by atoms with Crippen LogP contribution in [0.5, 0.6) is 0 Å². The molecular formula is C11H14FNOS. The van der Waals surface area contributed by atoms with Crippen molar-refractivity contribution < 1.29 is 9.18 Å². The van der Waals surface area contributed by atoms with E-state index in [-0.39, 0.29) is 17.9 Å². The van der Waals surface area contributed by atoms with Gasteiger partial charge in [0.25, 0.3) is 0 Å². The summed E-state index contributed by atoms with van der Waals surface area (Å²) in [6, 6.07) is 3.03. The summed E-state index contributed by atoms with van der Waals surface area (Å²) in [5, 5.41) is 2.72. The molecule has 1 aromatic rings. The number of likely N-dealkylation sites (N-methyl/N-ethyl adjacent to an activating group) is 1. The number of carbonyl (C=O) groups is 1. The molecule has 0 aliphatic carbocycles. The topological polar surface area (TPSA) is 29.1 Å². The first kappa shape index (κ1) is 12.2.